The molecule has 0 saturated carbocycles. The number of rotatable bonds is 5. The SMILES string of the molecule is Cc1cc([N+](=O)[O-])cc(S(=O)(=O)N2CCCC(CCN)C2)c1C. The van der Waals surface area contributed by atoms with Gasteiger partial charge in [-0.05, 0) is 56.7 Å². The smallest absolute Gasteiger partial charge is 0.271 e. The van der Waals surface area contributed by atoms with Gasteiger partial charge in [-0.1, -0.05) is 0 Å². The molecule has 7 nitrogen and oxygen atoms in total. The Labute approximate surface area is 136 Å². The molecule has 0 radical (unpaired) electrons. The molecule has 1 aromatic rings. The second-order valence-electron chi connectivity index (χ2n) is 6.09. The maximum Gasteiger partial charge on any atom is 0.271 e. The summed E-state index contributed by atoms with van der Waals surface area (Å²) in [5, 5.41) is 11.0. The first kappa shape index (κ1) is 17.8. The molecule has 8 heteroatoms. The molecule has 1 saturated heterocycles. The highest BCUT2D eigenvalue weighted by molar-refractivity contribution is 7.89. The van der Waals surface area contributed by atoms with Gasteiger partial charge in [0.1, 0.15) is 0 Å². The Morgan fingerprint density at radius 2 is 2.09 bits per heavy atom. The van der Waals surface area contributed by atoms with E-state index in [1.165, 1.54) is 16.4 Å². The minimum Gasteiger partial charge on any atom is -0.330 e. The van der Waals surface area contributed by atoms with E-state index in [1.807, 2.05) is 0 Å². The van der Waals surface area contributed by atoms with Crippen molar-refractivity contribution in [1.29, 1.82) is 0 Å². The minimum absolute atomic E-state index is 0.0394. The van der Waals surface area contributed by atoms with E-state index in [9.17, 15) is 18.5 Å². The predicted molar refractivity (Wildman–Crippen MR) is 87.7 cm³/mol. The van der Waals surface area contributed by atoms with E-state index < -0.39 is 14.9 Å². The molecule has 0 aromatic heterocycles. The van der Waals surface area contributed by atoms with Crippen LogP contribution in [0, 0.1) is 29.9 Å². The van der Waals surface area contributed by atoms with Crippen LogP contribution in [-0.4, -0.2) is 37.3 Å². The van der Waals surface area contributed by atoms with E-state index in [0.717, 1.165) is 19.3 Å². The average Bonchev–Trinajstić information content (AvgIpc) is 2.50. The number of aryl methyl sites for hydroxylation is 1. The summed E-state index contributed by atoms with van der Waals surface area (Å²) in [6.45, 7) is 4.79. The number of nitrogens with zero attached hydrogens (tertiary/aromatic N) is 2. The number of hydrogen-bond acceptors (Lipinski definition) is 5. The van der Waals surface area contributed by atoms with Crippen LogP contribution in [0.2, 0.25) is 0 Å². The average molecular weight is 341 g/mol. The molecule has 2 rings (SSSR count). The number of non-ortho nitro benzene ring substituents is 1. The first-order chi connectivity index (χ1) is 10.8. The maximum absolute atomic E-state index is 13.0. The zero-order chi connectivity index (χ0) is 17.2. The Morgan fingerprint density at radius 3 is 2.70 bits per heavy atom. The standard InChI is InChI=1S/C15H23N3O4S/c1-11-8-14(18(19)20)9-15(12(11)2)23(21,22)17-7-3-4-13(10-17)5-6-16/h8-9,13H,3-7,10,16H2,1-2H3. The molecule has 23 heavy (non-hydrogen) atoms. The summed E-state index contributed by atoms with van der Waals surface area (Å²) < 4.78 is 27.4. The van der Waals surface area contributed by atoms with Crippen LogP contribution in [-0.2, 0) is 10.0 Å². The van der Waals surface area contributed by atoms with E-state index in [1.54, 1.807) is 13.8 Å². The first-order valence-corrected chi connectivity index (χ1v) is 9.17. The Balaban J connectivity index is 2.41. The number of benzene rings is 1. The van der Waals surface area contributed by atoms with Crippen LogP contribution in [0.15, 0.2) is 17.0 Å². The van der Waals surface area contributed by atoms with Crippen molar-refractivity contribution in [2.24, 2.45) is 11.7 Å². The van der Waals surface area contributed by atoms with E-state index in [0.29, 0.717) is 30.8 Å². The fourth-order valence-corrected chi connectivity index (χ4v) is 4.91. The molecule has 0 amide bonds. The lowest BCUT2D eigenvalue weighted by Crippen LogP contribution is -2.40. The molecule has 1 atom stereocenters. The molecule has 1 fully saturated rings. The quantitative estimate of drug-likeness (QED) is 0.651. The second-order valence-corrected chi connectivity index (χ2v) is 8.00. The monoisotopic (exact) mass is 341 g/mol. The summed E-state index contributed by atoms with van der Waals surface area (Å²) in [6.07, 6.45) is 2.55. The van der Waals surface area contributed by atoms with Crippen molar-refractivity contribution in [2.75, 3.05) is 19.6 Å². The summed E-state index contributed by atoms with van der Waals surface area (Å²) in [5.41, 5.74) is 6.56. The highest BCUT2D eigenvalue weighted by Gasteiger charge is 2.32. The Morgan fingerprint density at radius 1 is 1.39 bits per heavy atom. The number of nitrogens with two attached hydrogens (primary N) is 1. The molecular formula is C15H23N3O4S. The van der Waals surface area contributed by atoms with Crippen molar-refractivity contribution in [3.05, 3.63) is 33.4 Å². The highest BCUT2D eigenvalue weighted by Crippen LogP contribution is 2.30. The van der Waals surface area contributed by atoms with Crippen molar-refractivity contribution < 1.29 is 13.3 Å². The van der Waals surface area contributed by atoms with Crippen LogP contribution >= 0.6 is 0 Å². The molecule has 1 heterocycles. The van der Waals surface area contributed by atoms with Gasteiger partial charge in [-0.2, -0.15) is 4.31 Å². The van der Waals surface area contributed by atoms with Gasteiger partial charge in [-0.25, -0.2) is 8.42 Å². The van der Waals surface area contributed by atoms with Gasteiger partial charge < -0.3 is 5.73 Å². The van der Waals surface area contributed by atoms with Crippen LogP contribution in [0.4, 0.5) is 5.69 Å². The van der Waals surface area contributed by atoms with Gasteiger partial charge >= 0.3 is 0 Å². The van der Waals surface area contributed by atoms with E-state index in [2.05, 4.69) is 0 Å². The zero-order valence-corrected chi connectivity index (χ0v) is 14.3. The Bertz CT molecular complexity index is 701. The van der Waals surface area contributed by atoms with Crippen LogP contribution < -0.4 is 5.73 Å². The molecular weight excluding hydrogens is 318 g/mol. The number of nitro groups is 1. The van der Waals surface area contributed by atoms with E-state index in [4.69, 9.17) is 5.73 Å². The van der Waals surface area contributed by atoms with E-state index >= 15 is 0 Å². The number of sulfonamides is 1. The van der Waals surface area contributed by atoms with Gasteiger partial charge in [0.2, 0.25) is 10.0 Å². The van der Waals surface area contributed by atoms with Crippen LogP contribution in [0.5, 0.6) is 0 Å². The molecule has 2 N–H and O–H groups in total. The third-order valence-corrected chi connectivity index (χ3v) is 6.48. The zero-order valence-electron chi connectivity index (χ0n) is 13.5. The minimum atomic E-state index is -3.73. The normalized spacial score (nSPS) is 19.7. The van der Waals surface area contributed by atoms with E-state index in [-0.39, 0.29) is 16.5 Å². The van der Waals surface area contributed by atoms with Gasteiger partial charge in [-0.3, -0.25) is 10.1 Å². The molecule has 1 aromatic carbocycles. The third kappa shape index (κ3) is 3.70. The summed E-state index contributed by atoms with van der Waals surface area (Å²) in [7, 11) is -3.73. The van der Waals surface area contributed by atoms with Crippen molar-refractivity contribution in [2.45, 2.75) is 38.0 Å². The molecule has 0 aliphatic carbocycles. The molecule has 1 unspecified atom stereocenters. The molecule has 0 bridgehead atoms. The molecule has 1 aliphatic heterocycles. The van der Waals surface area contributed by atoms with Crippen LogP contribution in [0.3, 0.4) is 0 Å². The summed E-state index contributed by atoms with van der Waals surface area (Å²) in [5.74, 6) is 0.253. The lowest BCUT2D eigenvalue weighted by Gasteiger charge is -2.32. The Kier molecular flexibility index (Phi) is 5.38. The number of piperidine rings is 1. The third-order valence-electron chi connectivity index (χ3n) is 4.49. The second kappa shape index (κ2) is 6.94. The molecule has 1 aliphatic rings. The highest BCUT2D eigenvalue weighted by atomic mass is 32.2. The Hall–Kier alpha value is -1.51. The number of hydrogen-bond donors (Lipinski definition) is 1. The topological polar surface area (TPSA) is 107 Å². The van der Waals surface area contributed by atoms with Crippen LogP contribution in [0.25, 0.3) is 0 Å². The van der Waals surface area contributed by atoms with Gasteiger partial charge in [-0.15, -0.1) is 0 Å². The largest absolute Gasteiger partial charge is 0.330 e. The summed E-state index contributed by atoms with van der Waals surface area (Å²) in [6, 6.07) is 2.58. The summed E-state index contributed by atoms with van der Waals surface area (Å²) in [4.78, 5) is 10.5. The lowest BCUT2D eigenvalue weighted by molar-refractivity contribution is -0.385. The lowest BCUT2D eigenvalue weighted by atomic mass is 9.96. The van der Waals surface area contributed by atoms with Gasteiger partial charge in [0.25, 0.3) is 5.69 Å². The van der Waals surface area contributed by atoms with Gasteiger partial charge in [0, 0.05) is 25.2 Å². The van der Waals surface area contributed by atoms with Gasteiger partial charge in [0.05, 0.1) is 9.82 Å². The van der Waals surface area contributed by atoms with Crippen molar-refractivity contribution in [3.8, 4) is 0 Å². The van der Waals surface area contributed by atoms with Crippen molar-refractivity contribution in [3.63, 3.8) is 0 Å². The van der Waals surface area contributed by atoms with Crippen molar-refractivity contribution in [1.82, 2.24) is 4.31 Å². The molecule has 128 valence electrons. The fraction of sp³-hybridized carbons (Fsp3) is 0.600. The molecule has 0 spiro atoms. The van der Waals surface area contributed by atoms with Crippen LogP contribution in [0.1, 0.15) is 30.4 Å². The first-order valence-electron chi connectivity index (χ1n) is 7.73. The summed E-state index contributed by atoms with van der Waals surface area (Å²) >= 11 is 0. The number of nitro benzene ring substituents is 1. The fourth-order valence-electron chi connectivity index (χ4n) is 3.04. The van der Waals surface area contributed by atoms with Gasteiger partial charge in [0.15, 0.2) is 0 Å². The maximum atomic E-state index is 13.0. The van der Waals surface area contributed by atoms with Crippen molar-refractivity contribution >= 4 is 15.7 Å². The predicted octanol–water partition coefficient (Wildman–Crippen LogP) is 1.96.